The van der Waals surface area contributed by atoms with Gasteiger partial charge in [0, 0.05) is 26.3 Å². The SMILES string of the molecule is CN(C[C@@H]1CCCCO1)C(=O)c1ncc(F)cc1F. The molecule has 1 atom stereocenters. The smallest absolute Gasteiger partial charge is 0.275 e. The van der Waals surface area contributed by atoms with Crippen molar-refractivity contribution in [2.75, 3.05) is 20.2 Å². The number of amides is 1. The third-order valence-corrected chi connectivity index (χ3v) is 3.11. The number of carbonyl (C=O) groups is 1. The molecule has 0 bridgehead atoms. The Kier molecular flexibility index (Phi) is 4.42. The molecule has 0 spiro atoms. The highest BCUT2D eigenvalue weighted by atomic mass is 19.1. The van der Waals surface area contributed by atoms with Crippen LogP contribution in [0.1, 0.15) is 29.8 Å². The van der Waals surface area contributed by atoms with Crippen molar-refractivity contribution < 1.29 is 18.3 Å². The van der Waals surface area contributed by atoms with Gasteiger partial charge in [-0.05, 0) is 19.3 Å². The van der Waals surface area contributed by atoms with Gasteiger partial charge in [0.1, 0.15) is 5.82 Å². The first kappa shape index (κ1) is 13.9. The molecule has 0 aromatic carbocycles. The van der Waals surface area contributed by atoms with Gasteiger partial charge in [0.15, 0.2) is 11.5 Å². The summed E-state index contributed by atoms with van der Waals surface area (Å²) < 4.78 is 31.7. The van der Waals surface area contributed by atoms with Crippen LogP contribution in [0.25, 0.3) is 0 Å². The van der Waals surface area contributed by atoms with Gasteiger partial charge in [-0.25, -0.2) is 13.8 Å². The van der Waals surface area contributed by atoms with E-state index in [-0.39, 0.29) is 11.8 Å². The van der Waals surface area contributed by atoms with Crippen LogP contribution in [-0.4, -0.2) is 42.1 Å². The average molecular weight is 270 g/mol. The number of hydrogen-bond donors (Lipinski definition) is 0. The van der Waals surface area contributed by atoms with E-state index in [9.17, 15) is 13.6 Å². The zero-order chi connectivity index (χ0) is 13.8. The summed E-state index contributed by atoms with van der Waals surface area (Å²) in [5.41, 5.74) is -0.361. The molecule has 4 nitrogen and oxygen atoms in total. The Bertz CT molecular complexity index is 462. The maximum atomic E-state index is 13.5. The van der Waals surface area contributed by atoms with E-state index < -0.39 is 17.5 Å². The monoisotopic (exact) mass is 270 g/mol. The van der Waals surface area contributed by atoms with Crippen LogP contribution in [0.15, 0.2) is 12.3 Å². The summed E-state index contributed by atoms with van der Waals surface area (Å²) in [5, 5.41) is 0. The Morgan fingerprint density at radius 1 is 1.53 bits per heavy atom. The van der Waals surface area contributed by atoms with Gasteiger partial charge in [0.25, 0.3) is 5.91 Å². The Balaban J connectivity index is 2.01. The third kappa shape index (κ3) is 3.47. The average Bonchev–Trinajstić information content (AvgIpc) is 2.39. The van der Waals surface area contributed by atoms with E-state index in [1.807, 2.05) is 0 Å². The largest absolute Gasteiger partial charge is 0.376 e. The van der Waals surface area contributed by atoms with Gasteiger partial charge in [0.2, 0.25) is 0 Å². The highest BCUT2D eigenvalue weighted by Gasteiger charge is 2.22. The number of rotatable bonds is 3. The van der Waals surface area contributed by atoms with Gasteiger partial charge >= 0.3 is 0 Å². The highest BCUT2D eigenvalue weighted by molar-refractivity contribution is 5.92. The quantitative estimate of drug-likeness (QED) is 0.843. The Labute approximate surface area is 110 Å². The number of hydrogen-bond acceptors (Lipinski definition) is 3. The second kappa shape index (κ2) is 6.06. The van der Waals surface area contributed by atoms with Crippen LogP contribution in [0.5, 0.6) is 0 Å². The first-order valence-corrected chi connectivity index (χ1v) is 6.26. The Morgan fingerprint density at radius 3 is 2.95 bits per heavy atom. The van der Waals surface area contributed by atoms with E-state index in [1.165, 1.54) is 4.90 Å². The fraction of sp³-hybridized carbons (Fsp3) is 0.538. The maximum absolute atomic E-state index is 13.5. The summed E-state index contributed by atoms with van der Waals surface area (Å²) in [6.07, 6.45) is 3.79. The van der Waals surface area contributed by atoms with E-state index in [0.29, 0.717) is 19.2 Å². The van der Waals surface area contributed by atoms with Crippen LogP contribution < -0.4 is 0 Å². The van der Waals surface area contributed by atoms with Gasteiger partial charge < -0.3 is 9.64 Å². The first-order valence-electron chi connectivity index (χ1n) is 6.26. The molecular formula is C13H16F2N2O2. The van der Waals surface area contributed by atoms with E-state index in [2.05, 4.69) is 4.98 Å². The molecule has 0 aliphatic carbocycles. The van der Waals surface area contributed by atoms with Crippen LogP contribution in [0.4, 0.5) is 8.78 Å². The second-order valence-corrected chi connectivity index (χ2v) is 4.66. The maximum Gasteiger partial charge on any atom is 0.275 e. The molecule has 1 saturated heterocycles. The van der Waals surface area contributed by atoms with Crippen molar-refractivity contribution in [2.24, 2.45) is 0 Å². The summed E-state index contributed by atoms with van der Waals surface area (Å²) in [5.74, 6) is -2.31. The number of carbonyl (C=O) groups excluding carboxylic acids is 1. The molecular weight excluding hydrogens is 254 g/mol. The van der Waals surface area contributed by atoms with Crippen molar-refractivity contribution in [3.8, 4) is 0 Å². The van der Waals surface area contributed by atoms with E-state index in [0.717, 1.165) is 25.5 Å². The minimum Gasteiger partial charge on any atom is -0.376 e. The van der Waals surface area contributed by atoms with Crippen molar-refractivity contribution in [2.45, 2.75) is 25.4 Å². The zero-order valence-electron chi connectivity index (χ0n) is 10.7. The summed E-state index contributed by atoms with van der Waals surface area (Å²) >= 11 is 0. The summed E-state index contributed by atoms with van der Waals surface area (Å²) in [6, 6.07) is 0.658. The minimum atomic E-state index is -0.943. The van der Waals surface area contributed by atoms with E-state index in [1.54, 1.807) is 7.05 Å². The van der Waals surface area contributed by atoms with Crippen molar-refractivity contribution in [1.29, 1.82) is 0 Å². The van der Waals surface area contributed by atoms with Gasteiger partial charge in [-0.3, -0.25) is 4.79 Å². The standard InChI is InChI=1S/C13H16F2N2O2/c1-17(8-10-4-2-3-5-19-10)13(18)12-11(15)6-9(14)7-16-12/h6-7,10H,2-5,8H2,1H3/t10-/m0/s1. The van der Waals surface area contributed by atoms with Crippen LogP contribution in [0.2, 0.25) is 0 Å². The number of pyridine rings is 1. The molecule has 0 radical (unpaired) electrons. The lowest BCUT2D eigenvalue weighted by Gasteiger charge is -2.27. The zero-order valence-corrected chi connectivity index (χ0v) is 10.7. The normalized spacial score (nSPS) is 19.2. The molecule has 19 heavy (non-hydrogen) atoms. The molecule has 0 N–H and O–H groups in total. The molecule has 2 heterocycles. The van der Waals surface area contributed by atoms with E-state index in [4.69, 9.17) is 4.74 Å². The van der Waals surface area contributed by atoms with Gasteiger partial charge in [-0.15, -0.1) is 0 Å². The van der Waals surface area contributed by atoms with Crippen molar-refractivity contribution in [3.05, 3.63) is 29.6 Å². The molecule has 1 aromatic heterocycles. The lowest BCUT2D eigenvalue weighted by molar-refractivity contribution is -0.000386. The van der Waals surface area contributed by atoms with Gasteiger partial charge in [0.05, 0.1) is 12.3 Å². The summed E-state index contributed by atoms with van der Waals surface area (Å²) in [6.45, 7) is 1.08. The Morgan fingerprint density at radius 2 is 2.32 bits per heavy atom. The molecule has 2 rings (SSSR count). The summed E-state index contributed by atoms with van der Waals surface area (Å²) in [7, 11) is 1.56. The number of nitrogens with zero attached hydrogens (tertiary/aromatic N) is 2. The predicted molar refractivity (Wildman–Crippen MR) is 64.7 cm³/mol. The topological polar surface area (TPSA) is 42.4 Å². The molecule has 0 saturated carbocycles. The highest BCUT2D eigenvalue weighted by Crippen LogP contribution is 2.15. The van der Waals surface area contributed by atoms with Crippen LogP contribution in [0.3, 0.4) is 0 Å². The van der Waals surface area contributed by atoms with Crippen molar-refractivity contribution in [1.82, 2.24) is 9.88 Å². The Hall–Kier alpha value is -1.56. The number of likely N-dealkylation sites (N-methyl/N-ethyl adjacent to an activating group) is 1. The molecule has 104 valence electrons. The summed E-state index contributed by atoms with van der Waals surface area (Å²) in [4.78, 5) is 16.9. The number of ether oxygens (including phenoxy) is 1. The molecule has 1 amide bonds. The molecule has 6 heteroatoms. The minimum absolute atomic E-state index is 0.0220. The van der Waals surface area contributed by atoms with Crippen LogP contribution in [-0.2, 0) is 4.74 Å². The fourth-order valence-corrected chi connectivity index (χ4v) is 2.09. The van der Waals surface area contributed by atoms with Crippen molar-refractivity contribution >= 4 is 5.91 Å². The molecule has 0 unspecified atom stereocenters. The fourth-order valence-electron chi connectivity index (χ4n) is 2.09. The lowest BCUT2D eigenvalue weighted by Crippen LogP contribution is -2.37. The molecule has 1 aliphatic rings. The van der Waals surface area contributed by atoms with Crippen molar-refractivity contribution in [3.63, 3.8) is 0 Å². The predicted octanol–water partition coefficient (Wildman–Crippen LogP) is 2.00. The lowest BCUT2D eigenvalue weighted by atomic mass is 10.1. The number of halogens is 2. The van der Waals surface area contributed by atoms with Gasteiger partial charge in [-0.1, -0.05) is 0 Å². The molecule has 1 aliphatic heterocycles. The molecule has 1 aromatic rings. The number of aromatic nitrogens is 1. The third-order valence-electron chi connectivity index (χ3n) is 3.11. The van der Waals surface area contributed by atoms with Crippen LogP contribution >= 0.6 is 0 Å². The molecule has 1 fully saturated rings. The first-order chi connectivity index (χ1) is 9.08. The second-order valence-electron chi connectivity index (χ2n) is 4.66. The van der Waals surface area contributed by atoms with Gasteiger partial charge in [-0.2, -0.15) is 0 Å². The van der Waals surface area contributed by atoms with Crippen LogP contribution in [0, 0.1) is 11.6 Å². The van der Waals surface area contributed by atoms with E-state index >= 15 is 0 Å².